The van der Waals surface area contributed by atoms with Crippen molar-refractivity contribution in [2.24, 2.45) is 0 Å². The maximum atomic E-state index is 5.17. The van der Waals surface area contributed by atoms with Gasteiger partial charge in [0.1, 0.15) is 11.5 Å². The lowest BCUT2D eigenvalue weighted by Crippen LogP contribution is -2.20. The molecule has 0 aromatic heterocycles. The average Bonchev–Trinajstić information content (AvgIpc) is 2.67. The summed E-state index contributed by atoms with van der Waals surface area (Å²) in [5.74, 6) is 6.21. The topological polar surface area (TPSA) is 30.5 Å². The van der Waals surface area contributed by atoms with Gasteiger partial charge in [-0.2, -0.15) is 23.5 Å². The minimum absolute atomic E-state index is 0.919. The van der Waals surface area contributed by atoms with Crippen LogP contribution in [0.1, 0.15) is 11.1 Å². The normalized spacial score (nSPS) is 10.6. The van der Waals surface area contributed by atoms with Gasteiger partial charge in [0.15, 0.2) is 0 Å². The second-order valence-corrected chi connectivity index (χ2v) is 7.76. The second kappa shape index (κ2) is 12.1. The monoisotopic (exact) mass is 377 g/mol. The van der Waals surface area contributed by atoms with E-state index >= 15 is 0 Å². The van der Waals surface area contributed by atoms with Gasteiger partial charge in [-0.25, -0.2) is 0 Å². The number of thioether (sulfide) groups is 2. The predicted molar refractivity (Wildman–Crippen MR) is 111 cm³/mol. The van der Waals surface area contributed by atoms with Crippen LogP contribution in [0, 0.1) is 0 Å². The Hall–Kier alpha value is -1.30. The van der Waals surface area contributed by atoms with Gasteiger partial charge in [-0.15, -0.1) is 0 Å². The number of benzene rings is 2. The van der Waals surface area contributed by atoms with E-state index in [-0.39, 0.29) is 0 Å². The Kier molecular flexibility index (Phi) is 9.70. The summed E-state index contributed by atoms with van der Waals surface area (Å²) in [4.78, 5) is 0. The van der Waals surface area contributed by atoms with Crippen molar-refractivity contribution in [2.45, 2.75) is 11.5 Å². The number of nitrogens with one attached hydrogen (secondary N) is 1. The molecule has 0 fully saturated rings. The van der Waals surface area contributed by atoms with Crippen molar-refractivity contribution in [3.8, 4) is 11.5 Å². The van der Waals surface area contributed by atoms with Crippen molar-refractivity contribution in [2.75, 3.05) is 38.8 Å². The van der Waals surface area contributed by atoms with E-state index in [4.69, 9.17) is 9.47 Å². The summed E-state index contributed by atoms with van der Waals surface area (Å²) in [5.41, 5.74) is 2.70. The van der Waals surface area contributed by atoms with Gasteiger partial charge in [0, 0.05) is 36.1 Å². The van der Waals surface area contributed by atoms with Crippen LogP contribution in [0.5, 0.6) is 11.5 Å². The number of hydrogen-bond acceptors (Lipinski definition) is 5. The Morgan fingerprint density at radius 1 is 0.680 bits per heavy atom. The molecule has 5 heteroatoms. The molecule has 136 valence electrons. The molecule has 0 atom stereocenters. The third kappa shape index (κ3) is 8.08. The molecule has 1 N–H and O–H groups in total. The first kappa shape index (κ1) is 20.0. The predicted octanol–water partition coefficient (Wildman–Crippen LogP) is 4.46. The van der Waals surface area contributed by atoms with Crippen molar-refractivity contribution < 1.29 is 9.47 Å². The van der Waals surface area contributed by atoms with Crippen molar-refractivity contribution in [3.05, 3.63) is 59.7 Å². The van der Waals surface area contributed by atoms with Crippen LogP contribution in [-0.4, -0.2) is 38.8 Å². The molecule has 3 nitrogen and oxygen atoms in total. The summed E-state index contributed by atoms with van der Waals surface area (Å²) < 4.78 is 10.3. The Morgan fingerprint density at radius 3 is 1.44 bits per heavy atom. The highest BCUT2D eigenvalue weighted by Gasteiger charge is 1.97. The fourth-order valence-corrected chi connectivity index (χ4v) is 3.96. The maximum absolute atomic E-state index is 5.17. The molecule has 0 saturated heterocycles. The standard InChI is InChI=1S/C20H27NO2S2/c1-22-19-7-3-17(4-8-19)15-24-13-11-21-12-14-25-16-18-5-9-20(23-2)10-6-18/h3-10,21H,11-16H2,1-2H3. The molecule has 0 aliphatic carbocycles. The van der Waals surface area contributed by atoms with E-state index in [1.165, 1.54) is 11.1 Å². The quantitative estimate of drug-likeness (QED) is 0.552. The van der Waals surface area contributed by atoms with Gasteiger partial charge in [-0.3, -0.25) is 0 Å². The van der Waals surface area contributed by atoms with Gasteiger partial charge in [-0.05, 0) is 35.4 Å². The van der Waals surface area contributed by atoms with Crippen molar-refractivity contribution >= 4 is 23.5 Å². The minimum atomic E-state index is 0.919. The van der Waals surface area contributed by atoms with Gasteiger partial charge in [-0.1, -0.05) is 24.3 Å². The molecule has 0 amide bonds. The fraction of sp³-hybridized carbons (Fsp3) is 0.400. The molecule has 0 saturated carbocycles. The summed E-state index contributed by atoms with van der Waals surface area (Å²) in [7, 11) is 3.40. The fourth-order valence-electron chi connectivity index (χ4n) is 2.24. The molecule has 0 aliphatic heterocycles. The summed E-state index contributed by atoms with van der Waals surface area (Å²) in [5, 5.41) is 3.51. The molecule has 0 bridgehead atoms. The van der Waals surface area contributed by atoms with Crippen LogP contribution < -0.4 is 14.8 Å². The van der Waals surface area contributed by atoms with Crippen LogP contribution in [0.15, 0.2) is 48.5 Å². The summed E-state index contributed by atoms with van der Waals surface area (Å²) >= 11 is 3.92. The largest absolute Gasteiger partial charge is 0.497 e. The van der Waals surface area contributed by atoms with E-state index < -0.39 is 0 Å². The molecule has 0 aliphatic rings. The van der Waals surface area contributed by atoms with E-state index in [2.05, 4.69) is 29.6 Å². The van der Waals surface area contributed by atoms with Crippen LogP contribution >= 0.6 is 23.5 Å². The van der Waals surface area contributed by atoms with E-state index in [9.17, 15) is 0 Å². The Bertz CT molecular complexity index is 534. The number of ether oxygens (including phenoxy) is 2. The van der Waals surface area contributed by atoms with Crippen LogP contribution in [0.2, 0.25) is 0 Å². The van der Waals surface area contributed by atoms with Gasteiger partial charge in [0.2, 0.25) is 0 Å². The third-order valence-corrected chi connectivity index (χ3v) is 5.76. The Labute approximate surface area is 159 Å². The highest BCUT2D eigenvalue weighted by atomic mass is 32.2. The molecular formula is C20H27NO2S2. The van der Waals surface area contributed by atoms with Crippen LogP contribution in [0.25, 0.3) is 0 Å². The molecule has 0 heterocycles. The summed E-state index contributed by atoms with van der Waals surface area (Å²) in [6, 6.07) is 16.6. The van der Waals surface area contributed by atoms with Crippen LogP contribution in [-0.2, 0) is 11.5 Å². The van der Waals surface area contributed by atoms with Crippen LogP contribution in [0.4, 0.5) is 0 Å². The maximum Gasteiger partial charge on any atom is 0.118 e. The molecule has 2 aromatic rings. The van der Waals surface area contributed by atoms with Crippen molar-refractivity contribution in [1.29, 1.82) is 0 Å². The zero-order valence-electron chi connectivity index (χ0n) is 15.0. The molecule has 2 rings (SSSR count). The number of methoxy groups -OCH3 is 2. The first-order chi connectivity index (χ1) is 12.3. The van der Waals surface area contributed by atoms with Gasteiger partial charge in [0.05, 0.1) is 14.2 Å². The molecule has 0 spiro atoms. The Balaban J connectivity index is 1.45. The lowest BCUT2D eigenvalue weighted by atomic mass is 10.2. The zero-order valence-corrected chi connectivity index (χ0v) is 16.6. The van der Waals surface area contributed by atoms with E-state index in [0.29, 0.717) is 0 Å². The average molecular weight is 378 g/mol. The zero-order chi connectivity index (χ0) is 17.7. The second-order valence-electron chi connectivity index (χ2n) is 5.55. The molecule has 25 heavy (non-hydrogen) atoms. The lowest BCUT2D eigenvalue weighted by molar-refractivity contribution is 0.414. The highest BCUT2D eigenvalue weighted by molar-refractivity contribution is 7.98. The van der Waals surface area contributed by atoms with Gasteiger partial charge in [0.25, 0.3) is 0 Å². The summed E-state index contributed by atoms with van der Waals surface area (Å²) in [6.07, 6.45) is 0. The summed E-state index contributed by atoms with van der Waals surface area (Å²) in [6.45, 7) is 2.12. The highest BCUT2D eigenvalue weighted by Crippen LogP contribution is 2.17. The SMILES string of the molecule is COc1ccc(CSCCNCCSCc2ccc(OC)cc2)cc1. The molecule has 0 radical (unpaired) electrons. The molecule has 2 aromatic carbocycles. The number of rotatable bonds is 12. The third-order valence-electron chi connectivity index (χ3n) is 3.70. The van der Waals surface area contributed by atoms with E-state index in [1.807, 2.05) is 47.8 Å². The van der Waals surface area contributed by atoms with Crippen molar-refractivity contribution in [1.82, 2.24) is 5.32 Å². The smallest absolute Gasteiger partial charge is 0.118 e. The molecule has 0 unspecified atom stereocenters. The first-order valence-electron chi connectivity index (χ1n) is 8.44. The van der Waals surface area contributed by atoms with Crippen molar-refractivity contribution in [3.63, 3.8) is 0 Å². The minimum Gasteiger partial charge on any atom is -0.497 e. The van der Waals surface area contributed by atoms with E-state index in [1.54, 1.807) is 14.2 Å². The molecular weight excluding hydrogens is 350 g/mol. The van der Waals surface area contributed by atoms with Crippen LogP contribution in [0.3, 0.4) is 0 Å². The van der Waals surface area contributed by atoms with Gasteiger partial charge >= 0.3 is 0 Å². The van der Waals surface area contributed by atoms with Gasteiger partial charge < -0.3 is 14.8 Å². The lowest BCUT2D eigenvalue weighted by Gasteiger charge is -2.06. The first-order valence-corrected chi connectivity index (χ1v) is 10.7. The van der Waals surface area contributed by atoms with E-state index in [0.717, 1.165) is 47.6 Å². The Morgan fingerprint density at radius 2 is 1.08 bits per heavy atom. The number of hydrogen-bond donors (Lipinski definition) is 1.